The number of likely N-dealkylation sites (N-methyl/N-ethyl adjacent to an activating group) is 1. The maximum atomic E-state index is 14.3. The summed E-state index contributed by atoms with van der Waals surface area (Å²) >= 11 is 0. The Balaban J connectivity index is 2.11. The lowest BCUT2D eigenvalue weighted by atomic mass is 9.84. The van der Waals surface area contributed by atoms with E-state index in [9.17, 15) is 9.50 Å². The molecule has 0 fully saturated rings. The Morgan fingerprint density at radius 2 is 1.43 bits per heavy atom. The van der Waals surface area contributed by atoms with Gasteiger partial charge in [0.25, 0.3) is 0 Å². The summed E-state index contributed by atoms with van der Waals surface area (Å²) in [5, 5.41) is 13.0. The highest BCUT2D eigenvalue weighted by atomic mass is 28.4. The highest BCUT2D eigenvalue weighted by molar-refractivity contribution is 6.99. The first-order valence-corrected chi connectivity index (χ1v) is 17.3. The molecule has 3 nitrogen and oxygen atoms in total. The minimum absolute atomic E-state index is 0.00532. The summed E-state index contributed by atoms with van der Waals surface area (Å²) in [5.41, 5.74) is 4.18. The molecule has 0 radical (unpaired) electrons. The molecule has 1 aliphatic rings. The van der Waals surface area contributed by atoms with E-state index in [1.54, 1.807) is 0 Å². The maximum Gasteiger partial charge on any atom is 0.320 e. The Bertz CT molecular complexity index is 1340. The van der Waals surface area contributed by atoms with Crippen LogP contribution in [0.2, 0.25) is 5.04 Å². The molecule has 0 saturated heterocycles. The molecular weight excluding hydrogens is 537 g/mol. The summed E-state index contributed by atoms with van der Waals surface area (Å²) in [5.74, 6) is 0.732. The van der Waals surface area contributed by atoms with Crippen molar-refractivity contribution in [2.45, 2.75) is 78.3 Å². The monoisotopic (exact) mass is 585 g/mol. The van der Waals surface area contributed by atoms with E-state index in [1.807, 2.05) is 12.1 Å². The number of aliphatic hydroxyl groups is 1. The van der Waals surface area contributed by atoms with E-state index in [-0.39, 0.29) is 29.4 Å². The van der Waals surface area contributed by atoms with Gasteiger partial charge in [0.05, 0.1) is 18.3 Å². The predicted octanol–water partition coefficient (Wildman–Crippen LogP) is 7.91. The zero-order chi connectivity index (χ0) is 30.5. The van der Waals surface area contributed by atoms with Gasteiger partial charge in [-0.15, -0.1) is 0 Å². The van der Waals surface area contributed by atoms with Gasteiger partial charge >= 0.3 is 8.32 Å². The van der Waals surface area contributed by atoms with Crippen LogP contribution in [0.3, 0.4) is 0 Å². The summed E-state index contributed by atoms with van der Waals surface area (Å²) in [4.78, 5) is 2.24. The molecule has 224 valence electrons. The van der Waals surface area contributed by atoms with E-state index in [0.717, 1.165) is 53.8 Å². The molecule has 1 heterocycles. The van der Waals surface area contributed by atoms with Crippen molar-refractivity contribution in [3.8, 4) is 0 Å². The summed E-state index contributed by atoms with van der Waals surface area (Å²) < 4.78 is 22.1. The largest absolute Gasteiger partial charge is 0.532 e. The van der Waals surface area contributed by atoms with Gasteiger partial charge in [0, 0.05) is 12.6 Å². The van der Waals surface area contributed by atoms with Crippen LogP contribution in [0.25, 0.3) is 5.57 Å². The van der Waals surface area contributed by atoms with Crippen molar-refractivity contribution < 1.29 is 13.9 Å². The Kier molecular flexibility index (Phi) is 10.2. The number of rotatable bonds is 11. The topological polar surface area (TPSA) is 32.7 Å². The number of hydrogen-bond donors (Lipinski definition) is 1. The van der Waals surface area contributed by atoms with Crippen LogP contribution in [-0.2, 0) is 4.43 Å². The average Bonchev–Trinajstić information content (AvgIpc) is 2.97. The molecule has 5 heteroatoms. The molecule has 1 unspecified atom stereocenters. The fourth-order valence-electron chi connectivity index (χ4n) is 6.60. The third-order valence-corrected chi connectivity index (χ3v) is 13.5. The van der Waals surface area contributed by atoms with Crippen LogP contribution < -0.4 is 10.4 Å². The summed E-state index contributed by atoms with van der Waals surface area (Å²) in [6.45, 7) is 13.5. The first-order chi connectivity index (χ1) is 20.1. The Morgan fingerprint density at radius 1 is 0.881 bits per heavy atom. The van der Waals surface area contributed by atoms with Crippen LogP contribution >= 0.6 is 0 Å². The lowest BCUT2D eigenvalue weighted by molar-refractivity contribution is 0.174. The number of halogens is 1. The van der Waals surface area contributed by atoms with Gasteiger partial charge in [-0.2, -0.15) is 0 Å². The van der Waals surface area contributed by atoms with Gasteiger partial charge in [0.2, 0.25) is 0 Å². The number of allylic oxidation sites excluding steroid dienone is 2. The molecule has 0 amide bonds. The van der Waals surface area contributed by atoms with Crippen LogP contribution in [0.15, 0.2) is 102 Å². The highest BCUT2D eigenvalue weighted by Gasteiger charge is 2.53. The van der Waals surface area contributed by atoms with Crippen molar-refractivity contribution in [1.82, 2.24) is 4.90 Å². The van der Waals surface area contributed by atoms with Crippen LogP contribution in [0.4, 0.5) is 4.39 Å². The zero-order valence-corrected chi connectivity index (χ0v) is 27.5. The fourth-order valence-corrected chi connectivity index (χ4v) is 11.0. The SMILES string of the molecule is CCCCCC1=C(c2ccc(F)cc2)C(O[Si](c2ccccc2)(c2ccccc2)C(C)(C)C)=C(C(C)C)N(C)C1CO. The van der Waals surface area contributed by atoms with Crippen molar-refractivity contribution in [3.05, 3.63) is 113 Å². The fraction of sp³-hybridized carbons (Fsp3) is 0.405. The highest BCUT2D eigenvalue weighted by Crippen LogP contribution is 2.47. The Hall–Kier alpha value is -3.15. The van der Waals surface area contributed by atoms with E-state index in [0.29, 0.717) is 0 Å². The van der Waals surface area contributed by atoms with E-state index < -0.39 is 8.32 Å². The molecule has 1 aliphatic heterocycles. The van der Waals surface area contributed by atoms with Crippen LogP contribution in [0.1, 0.15) is 72.8 Å². The first kappa shape index (κ1) is 31.8. The number of aliphatic hydroxyl groups excluding tert-OH is 1. The normalized spacial score (nSPS) is 16.4. The lowest BCUT2D eigenvalue weighted by Gasteiger charge is -2.48. The predicted molar refractivity (Wildman–Crippen MR) is 177 cm³/mol. The molecule has 0 bridgehead atoms. The zero-order valence-electron chi connectivity index (χ0n) is 26.5. The molecule has 42 heavy (non-hydrogen) atoms. The summed E-state index contributed by atoms with van der Waals surface area (Å²) in [6.07, 6.45) is 4.07. The second-order valence-electron chi connectivity index (χ2n) is 12.8. The van der Waals surface area contributed by atoms with Crippen molar-refractivity contribution >= 4 is 24.3 Å². The standard InChI is InChI=1S/C37H48FNO2Si/c1-8-9-12-21-32-33(26-40)39(7)35(27(2)3)36(34(32)28-22-24-29(38)25-23-28)41-42(37(4,5)6,30-17-13-10-14-18-30)31-19-15-11-16-20-31/h10-11,13-20,22-25,27,33,40H,8-9,12,21,26H2,1-7H3. The van der Waals surface area contributed by atoms with Gasteiger partial charge in [-0.05, 0) is 57.4 Å². The maximum absolute atomic E-state index is 14.3. The third-order valence-electron chi connectivity index (χ3n) is 8.60. The molecule has 0 saturated carbocycles. The summed E-state index contributed by atoms with van der Waals surface area (Å²) in [6, 6.07) is 28.0. The Labute approximate surface area is 253 Å². The van der Waals surface area contributed by atoms with Crippen molar-refractivity contribution in [2.24, 2.45) is 5.92 Å². The molecule has 1 atom stereocenters. The number of nitrogens with zero attached hydrogens (tertiary/aromatic N) is 1. The molecule has 3 aromatic rings. The smallest absolute Gasteiger partial charge is 0.320 e. The first-order valence-electron chi connectivity index (χ1n) is 15.4. The number of unbranched alkanes of at least 4 members (excludes halogenated alkanes) is 2. The van der Waals surface area contributed by atoms with E-state index >= 15 is 0 Å². The van der Waals surface area contributed by atoms with Crippen molar-refractivity contribution in [2.75, 3.05) is 13.7 Å². The van der Waals surface area contributed by atoms with Crippen LogP contribution in [-0.4, -0.2) is 38.0 Å². The minimum Gasteiger partial charge on any atom is -0.532 e. The molecule has 0 spiro atoms. The van der Waals surface area contributed by atoms with Gasteiger partial charge in [0.15, 0.2) is 0 Å². The minimum atomic E-state index is -2.99. The molecule has 0 aromatic heterocycles. The van der Waals surface area contributed by atoms with Gasteiger partial charge in [-0.25, -0.2) is 4.39 Å². The Morgan fingerprint density at radius 3 is 1.88 bits per heavy atom. The van der Waals surface area contributed by atoms with Crippen LogP contribution in [0, 0.1) is 11.7 Å². The number of benzene rings is 3. The van der Waals surface area contributed by atoms with Crippen LogP contribution in [0.5, 0.6) is 0 Å². The quantitative estimate of drug-likeness (QED) is 0.183. The van der Waals surface area contributed by atoms with Gasteiger partial charge in [-0.3, -0.25) is 0 Å². The molecule has 3 aromatic carbocycles. The molecule has 1 N–H and O–H groups in total. The van der Waals surface area contributed by atoms with Gasteiger partial charge in [-0.1, -0.05) is 127 Å². The third kappa shape index (κ3) is 6.14. The van der Waals surface area contributed by atoms with Crippen molar-refractivity contribution in [1.29, 1.82) is 0 Å². The van der Waals surface area contributed by atoms with Gasteiger partial charge in [0.1, 0.15) is 11.6 Å². The summed E-state index contributed by atoms with van der Waals surface area (Å²) in [7, 11) is -0.905. The number of hydrogen-bond acceptors (Lipinski definition) is 3. The molecular formula is C37H48FNO2Si. The van der Waals surface area contributed by atoms with E-state index in [2.05, 4.69) is 114 Å². The molecule has 4 rings (SSSR count). The molecule has 0 aliphatic carbocycles. The van der Waals surface area contributed by atoms with Gasteiger partial charge < -0.3 is 14.4 Å². The second kappa shape index (κ2) is 13.4. The van der Waals surface area contributed by atoms with Crippen molar-refractivity contribution in [3.63, 3.8) is 0 Å². The second-order valence-corrected chi connectivity index (χ2v) is 17.0. The average molecular weight is 586 g/mol. The lowest BCUT2D eigenvalue weighted by Crippen LogP contribution is -2.66. The van der Waals surface area contributed by atoms with E-state index in [1.165, 1.54) is 22.5 Å². The van der Waals surface area contributed by atoms with E-state index in [4.69, 9.17) is 4.43 Å².